The molecule has 0 aliphatic rings. The summed E-state index contributed by atoms with van der Waals surface area (Å²) >= 11 is 0. The van der Waals surface area contributed by atoms with Gasteiger partial charge >= 0.3 is 0 Å². The van der Waals surface area contributed by atoms with Crippen LogP contribution < -0.4 is 5.32 Å². The van der Waals surface area contributed by atoms with Crippen LogP contribution in [0.15, 0.2) is 89.3 Å². The summed E-state index contributed by atoms with van der Waals surface area (Å²) in [4.78, 5) is 0. The SMILES string of the molecule is c1ccc(Nc2ccccc2-c2nnc(-c3ccccc3)o2)cc1. The summed E-state index contributed by atoms with van der Waals surface area (Å²) in [6.45, 7) is 0. The van der Waals surface area contributed by atoms with Gasteiger partial charge in [0, 0.05) is 11.3 Å². The highest BCUT2D eigenvalue weighted by molar-refractivity contribution is 5.77. The summed E-state index contributed by atoms with van der Waals surface area (Å²) in [5.74, 6) is 1.01. The molecule has 4 rings (SSSR count). The van der Waals surface area contributed by atoms with Gasteiger partial charge in [0.1, 0.15) is 0 Å². The third-order valence-corrected chi connectivity index (χ3v) is 3.66. The van der Waals surface area contributed by atoms with E-state index in [4.69, 9.17) is 4.42 Å². The molecule has 0 spiro atoms. The lowest BCUT2D eigenvalue weighted by atomic mass is 10.1. The molecule has 0 saturated carbocycles. The average molecular weight is 313 g/mol. The smallest absolute Gasteiger partial charge is 0.250 e. The summed E-state index contributed by atoms with van der Waals surface area (Å²) < 4.78 is 5.87. The van der Waals surface area contributed by atoms with Crippen LogP contribution in [0.2, 0.25) is 0 Å². The van der Waals surface area contributed by atoms with Gasteiger partial charge in [-0.3, -0.25) is 0 Å². The van der Waals surface area contributed by atoms with E-state index in [0.717, 1.165) is 22.5 Å². The zero-order valence-electron chi connectivity index (χ0n) is 12.9. The van der Waals surface area contributed by atoms with Crippen LogP contribution in [0.25, 0.3) is 22.9 Å². The topological polar surface area (TPSA) is 51.0 Å². The molecule has 0 atom stereocenters. The summed E-state index contributed by atoms with van der Waals surface area (Å²) in [5, 5.41) is 11.8. The molecular weight excluding hydrogens is 298 g/mol. The van der Waals surface area contributed by atoms with Crippen LogP contribution in [0.4, 0.5) is 11.4 Å². The van der Waals surface area contributed by atoms with Gasteiger partial charge in [0.25, 0.3) is 0 Å². The minimum absolute atomic E-state index is 0.493. The van der Waals surface area contributed by atoms with Gasteiger partial charge in [-0.1, -0.05) is 48.5 Å². The fourth-order valence-electron chi connectivity index (χ4n) is 2.49. The van der Waals surface area contributed by atoms with Crippen molar-refractivity contribution in [3.63, 3.8) is 0 Å². The van der Waals surface area contributed by atoms with Gasteiger partial charge in [-0.25, -0.2) is 0 Å². The maximum Gasteiger partial charge on any atom is 0.250 e. The Morgan fingerprint density at radius 3 is 2.04 bits per heavy atom. The van der Waals surface area contributed by atoms with Crippen molar-refractivity contribution < 1.29 is 4.42 Å². The van der Waals surface area contributed by atoms with E-state index in [1.807, 2.05) is 84.9 Å². The average Bonchev–Trinajstić information content (AvgIpc) is 3.14. The van der Waals surface area contributed by atoms with Crippen molar-refractivity contribution in [2.24, 2.45) is 0 Å². The van der Waals surface area contributed by atoms with Crippen molar-refractivity contribution in [3.05, 3.63) is 84.9 Å². The highest BCUT2D eigenvalue weighted by Crippen LogP contribution is 2.31. The third kappa shape index (κ3) is 2.90. The lowest BCUT2D eigenvalue weighted by Gasteiger charge is -2.09. The summed E-state index contributed by atoms with van der Waals surface area (Å²) in [7, 11) is 0. The Morgan fingerprint density at radius 1 is 0.625 bits per heavy atom. The minimum Gasteiger partial charge on any atom is -0.416 e. The first-order valence-corrected chi connectivity index (χ1v) is 7.70. The van der Waals surface area contributed by atoms with Gasteiger partial charge in [-0.2, -0.15) is 0 Å². The van der Waals surface area contributed by atoms with E-state index in [2.05, 4.69) is 15.5 Å². The number of hydrogen-bond donors (Lipinski definition) is 1. The molecule has 116 valence electrons. The van der Waals surface area contributed by atoms with E-state index in [1.165, 1.54) is 0 Å². The molecule has 0 saturated heterocycles. The number of aromatic nitrogens is 2. The number of rotatable bonds is 4. The Kier molecular flexibility index (Phi) is 3.78. The van der Waals surface area contributed by atoms with E-state index < -0.39 is 0 Å². The Hall–Kier alpha value is -3.40. The minimum atomic E-state index is 0.493. The standard InChI is InChI=1S/C20H15N3O/c1-3-9-15(10-4-1)19-22-23-20(24-19)17-13-7-8-14-18(17)21-16-11-5-2-6-12-16/h1-14,21H. The third-order valence-electron chi connectivity index (χ3n) is 3.66. The van der Waals surface area contributed by atoms with Crippen LogP contribution in [-0.2, 0) is 0 Å². The molecule has 3 aromatic carbocycles. The van der Waals surface area contributed by atoms with Gasteiger partial charge in [-0.15, -0.1) is 10.2 Å². The molecule has 24 heavy (non-hydrogen) atoms. The lowest BCUT2D eigenvalue weighted by Crippen LogP contribution is -1.92. The number of nitrogens with zero attached hydrogens (tertiary/aromatic N) is 2. The van der Waals surface area contributed by atoms with E-state index in [-0.39, 0.29) is 0 Å². The van der Waals surface area contributed by atoms with Crippen LogP contribution in [0.1, 0.15) is 0 Å². The van der Waals surface area contributed by atoms with Gasteiger partial charge in [0.05, 0.1) is 11.3 Å². The van der Waals surface area contributed by atoms with E-state index >= 15 is 0 Å². The van der Waals surface area contributed by atoms with Crippen molar-refractivity contribution in [2.75, 3.05) is 5.32 Å². The molecule has 4 nitrogen and oxygen atoms in total. The molecule has 4 heteroatoms. The van der Waals surface area contributed by atoms with Crippen LogP contribution >= 0.6 is 0 Å². The van der Waals surface area contributed by atoms with Gasteiger partial charge in [0.15, 0.2) is 0 Å². The van der Waals surface area contributed by atoms with Gasteiger partial charge < -0.3 is 9.73 Å². The van der Waals surface area contributed by atoms with Gasteiger partial charge in [0.2, 0.25) is 11.8 Å². The Bertz CT molecular complexity index is 933. The van der Waals surface area contributed by atoms with E-state index in [1.54, 1.807) is 0 Å². The predicted molar refractivity (Wildman–Crippen MR) is 94.9 cm³/mol. The highest BCUT2D eigenvalue weighted by Gasteiger charge is 2.13. The molecule has 0 unspecified atom stereocenters. The maximum atomic E-state index is 5.87. The summed E-state index contributed by atoms with van der Waals surface area (Å²) in [6.07, 6.45) is 0. The Balaban J connectivity index is 1.69. The summed E-state index contributed by atoms with van der Waals surface area (Å²) in [5.41, 5.74) is 3.71. The van der Waals surface area contributed by atoms with E-state index in [9.17, 15) is 0 Å². The van der Waals surface area contributed by atoms with Crippen molar-refractivity contribution >= 4 is 11.4 Å². The second-order valence-electron chi connectivity index (χ2n) is 5.32. The zero-order valence-corrected chi connectivity index (χ0v) is 12.9. The number of benzene rings is 3. The molecule has 1 heterocycles. The molecule has 0 fully saturated rings. The fourth-order valence-corrected chi connectivity index (χ4v) is 2.49. The summed E-state index contributed by atoms with van der Waals surface area (Å²) in [6, 6.07) is 27.6. The Morgan fingerprint density at radius 2 is 1.25 bits per heavy atom. The quantitative estimate of drug-likeness (QED) is 0.566. The van der Waals surface area contributed by atoms with Crippen molar-refractivity contribution in [1.29, 1.82) is 0 Å². The molecule has 0 aliphatic heterocycles. The molecular formula is C20H15N3O. The second kappa shape index (κ2) is 6.38. The largest absolute Gasteiger partial charge is 0.416 e. The molecule has 0 aliphatic carbocycles. The lowest BCUT2D eigenvalue weighted by molar-refractivity contribution is 0.585. The number of nitrogens with one attached hydrogen (secondary N) is 1. The second-order valence-corrected chi connectivity index (χ2v) is 5.32. The molecule has 0 amide bonds. The number of anilines is 2. The molecule has 0 radical (unpaired) electrons. The van der Waals surface area contributed by atoms with Gasteiger partial charge in [-0.05, 0) is 36.4 Å². The van der Waals surface area contributed by atoms with Crippen LogP contribution in [-0.4, -0.2) is 10.2 Å². The van der Waals surface area contributed by atoms with E-state index in [0.29, 0.717) is 11.8 Å². The first kappa shape index (κ1) is 14.2. The molecule has 0 bridgehead atoms. The van der Waals surface area contributed by atoms with Crippen LogP contribution in [0.5, 0.6) is 0 Å². The highest BCUT2D eigenvalue weighted by atomic mass is 16.4. The number of hydrogen-bond acceptors (Lipinski definition) is 4. The zero-order chi connectivity index (χ0) is 16.2. The molecule has 1 aromatic heterocycles. The first-order chi connectivity index (χ1) is 11.9. The normalized spacial score (nSPS) is 10.5. The van der Waals surface area contributed by atoms with Crippen molar-refractivity contribution in [1.82, 2.24) is 10.2 Å². The van der Waals surface area contributed by atoms with Crippen LogP contribution in [0, 0.1) is 0 Å². The first-order valence-electron chi connectivity index (χ1n) is 7.70. The Labute approximate surface area is 139 Å². The van der Waals surface area contributed by atoms with Crippen molar-refractivity contribution in [3.8, 4) is 22.9 Å². The predicted octanol–water partition coefficient (Wildman–Crippen LogP) is 5.15. The number of para-hydroxylation sites is 2. The molecule has 4 aromatic rings. The fraction of sp³-hybridized carbons (Fsp3) is 0. The van der Waals surface area contributed by atoms with Crippen LogP contribution in [0.3, 0.4) is 0 Å². The van der Waals surface area contributed by atoms with Crippen molar-refractivity contribution in [2.45, 2.75) is 0 Å². The maximum absolute atomic E-state index is 5.87. The molecule has 1 N–H and O–H groups in total. The monoisotopic (exact) mass is 313 g/mol.